The van der Waals surface area contributed by atoms with Crippen molar-refractivity contribution >= 4 is 46.6 Å². The van der Waals surface area contributed by atoms with Gasteiger partial charge in [-0.25, -0.2) is 19.6 Å². The number of H-pyrrole nitrogens is 1. The number of carboxylic acids is 2. The quantitative estimate of drug-likeness (QED) is 0.103. The first kappa shape index (κ1) is 30.9. The van der Waals surface area contributed by atoms with E-state index in [0.717, 1.165) is 0 Å². The van der Waals surface area contributed by atoms with Gasteiger partial charge < -0.3 is 37.0 Å². The number of nitrogens with zero attached hydrogens (tertiary/aromatic N) is 3. The van der Waals surface area contributed by atoms with Crippen LogP contribution in [0.5, 0.6) is 5.75 Å². The monoisotopic (exact) mass is 604 g/mol. The van der Waals surface area contributed by atoms with E-state index in [9.17, 15) is 39.3 Å². The van der Waals surface area contributed by atoms with Gasteiger partial charge in [-0.15, -0.1) is 0 Å². The lowest BCUT2D eigenvalue weighted by atomic mass is 10.0. The fraction of sp³-hybridized carbons (Fsp3) is 0.214. The molecule has 2 unspecified atom stereocenters. The average Bonchev–Trinajstić information content (AvgIpc) is 2.99. The van der Waals surface area contributed by atoms with Crippen LogP contribution in [0.2, 0.25) is 0 Å². The Labute approximate surface area is 248 Å². The van der Waals surface area contributed by atoms with Crippen molar-refractivity contribution in [3.8, 4) is 5.75 Å². The fourth-order valence-electron chi connectivity index (χ4n) is 4.10. The molecule has 0 radical (unpaired) electrons. The number of anilines is 2. The van der Waals surface area contributed by atoms with Gasteiger partial charge in [-0.1, -0.05) is 12.1 Å². The third-order valence-corrected chi connectivity index (χ3v) is 6.38. The van der Waals surface area contributed by atoms with Crippen LogP contribution in [0, 0.1) is 0 Å². The minimum Gasteiger partial charge on any atom is -0.508 e. The van der Waals surface area contributed by atoms with E-state index in [2.05, 4.69) is 35.9 Å². The first-order valence-electron chi connectivity index (χ1n) is 13.2. The second-order valence-electron chi connectivity index (χ2n) is 9.65. The van der Waals surface area contributed by atoms with Gasteiger partial charge >= 0.3 is 11.9 Å². The fourth-order valence-corrected chi connectivity index (χ4v) is 4.10. The third-order valence-electron chi connectivity index (χ3n) is 6.38. The Balaban J connectivity index is 1.29. The lowest BCUT2D eigenvalue weighted by molar-refractivity contribution is -0.142. The Morgan fingerprint density at radius 1 is 0.909 bits per heavy atom. The lowest BCUT2D eigenvalue weighted by Gasteiger charge is -2.17. The number of aromatic amines is 1. The second-order valence-corrected chi connectivity index (χ2v) is 9.65. The molecule has 0 saturated carbocycles. The van der Waals surface area contributed by atoms with Crippen molar-refractivity contribution in [3.63, 3.8) is 0 Å². The maximum absolute atomic E-state index is 12.7. The van der Waals surface area contributed by atoms with Crippen LogP contribution >= 0.6 is 0 Å². The van der Waals surface area contributed by atoms with Gasteiger partial charge in [0.15, 0.2) is 11.2 Å². The van der Waals surface area contributed by atoms with E-state index >= 15 is 0 Å². The van der Waals surface area contributed by atoms with Crippen LogP contribution in [-0.4, -0.2) is 71.1 Å². The number of nitrogens with two attached hydrogens (primary N) is 1. The zero-order valence-electron chi connectivity index (χ0n) is 23.0. The molecule has 0 bridgehead atoms. The van der Waals surface area contributed by atoms with Gasteiger partial charge in [-0.3, -0.25) is 19.4 Å². The summed E-state index contributed by atoms with van der Waals surface area (Å²) in [5.41, 5.74) is 6.89. The zero-order valence-corrected chi connectivity index (χ0v) is 23.0. The highest BCUT2D eigenvalue weighted by Crippen LogP contribution is 2.14. The van der Waals surface area contributed by atoms with Crippen LogP contribution in [0.15, 0.2) is 59.5 Å². The summed E-state index contributed by atoms with van der Waals surface area (Å²) in [6.07, 6.45) is 0.753. The molecule has 0 aliphatic rings. The van der Waals surface area contributed by atoms with E-state index in [-0.39, 0.29) is 54.2 Å². The molecule has 2 atom stereocenters. The Bertz CT molecular complexity index is 1740. The molecule has 2 aromatic carbocycles. The summed E-state index contributed by atoms with van der Waals surface area (Å²) >= 11 is 0. The van der Waals surface area contributed by atoms with Gasteiger partial charge in [-0.2, -0.15) is 4.98 Å². The topological polar surface area (TPSA) is 263 Å². The number of amides is 2. The van der Waals surface area contributed by atoms with Crippen LogP contribution < -0.4 is 27.2 Å². The lowest BCUT2D eigenvalue weighted by Crippen LogP contribution is -2.44. The number of aliphatic carboxylic acids is 2. The van der Waals surface area contributed by atoms with Crippen LogP contribution in [-0.2, 0) is 27.3 Å². The van der Waals surface area contributed by atoms with Gasteiger partial charge in [0.1, 0.15) is 17.8 Å². The first-order chi connectivity index (χ1) is 21.0. The number of aromatic hydroxyl groups is 1. The largest absolute Gasteiger partial charge is 0.508 e. The number of carbonyl (C=O) groups is 4. The number of hydrogen-bond acceptors (Lipinski definition) is 11. The number of benzene rings is 2. The molecule has 2 aromatic heterocycles. The number of rotatable bonds is 13. The average molecular weight is 605 g/mol. The molecule has 2 heterocycles. The van der Waals surface area contributed by atoms with Gasteiger partial charge in [0.25, 0.3) is 11.5 Å². The minimum absolute atomic E-state index is 0.0102. The molecule has 16 nitrogen and oxygen atoms in total. The smallest absolute Gasteiger partial charge is 0.326 e. The molecule has 0 aliphatic carbocycles. The van der Waals surface area contributed by atoms with Crippen LogP contribution in [0.25, 0.3) is 11.2 Å². The minimum atomic E-state index is -1.41. The van der Waals surface area contributed by atoms with E-state index in [1.807, 2.05) is 0 Å². The van der Waals surface area contributed by atoms with Gasteiger partial charge in [0.05, 0.1) is 18.4 Å². The molecule has 16 heteroatoms. The Kier molecular flexibility index (Phi) is 9.64. The molecule has 0 spiro atoms. The predicted octanol–water partition coefficient (Wildman–Crippen LogP) is 0.388. The van der Waals surface area contributed by atoms with Crippen LogP contribution in [0.4, 0.5) is 11.6 Å². The van der Waals surface area contributed by atoms with Crippen molar-refractivity contribution in [2.45, 2.75) is 37.9 Å². The van der Waals surface area contributed by atoms with E-state index in [4.69, 9.17) is 5.73 Å². The van der Waals surface area contributed by atoms with E-state index in [0.29, 0.717) is 16.9 Å². The molecule has 0 saturated heterocycles. The van der Waals surface area contributed by atoms with Crippen LogP contribution in [0.3, 0.4) is 0 Å². The Hall–Kier alpha value is -6.06. The third kappa shape index (κ3) is 8.25. The summed E-state index contributed by atoms with van der Waals surface area (Å²) in [5.74, 6) is -4.10. The summed E-state index contributed by atoms with van der Waals surface area (Å²) in [6, 6.07) is 9.24. The molecule has 4 rings (SSSR count). The number of phenols is 1. The SMILES string of the molecule is Nc1nc2ncc(CNc3ccc(C(=O)NC(CCC(=O)NC(Cc4ccc(O)cc4)C(=O)O)C(=O)O)cc3)nc2c(=O)[nH]1. The summed E-state index contributed by atoms with van der Waals surface area (Å²) in [6.45, 7) is 0.194. The second kappa shape index (κ2) is 13.7. The first-order valence-corrected chi connectivity index (χ1v) is 13.2. The number of carboxylic acid groups (broad SMARTS) is 2. The van der Waals surface area contributed by atoms with E-state index < -0.39 is 41.4 Å². The molecule has 2 amide bonds. The van der Waals surface area contributed by atoms with Crippen molar-refractivity contribution in [3.05, 3.63) is 81.9 Å². The van der Waals surface area contributed by atoms with Gasteiger partial charge in [-0.05, 0) is 48.4 Å². The molecule has 44 heavy (non-hydrogen) atoms. The normalized spacial score (nSPS) is 12.2. The molecule has 0 fully saturated rings. The number of carbonyl (C=O) groups excluding carboxylic acids is 2. The van der Waals surface area contributed by atoms with Gasteiger partial charge in [0.2, 0.25) is 11.9 Å². The molecule has 0 aliphatic heterocycles. The predicted molar refractivity (Wildman–Crippen MR) is 156 cm³/mol. The maximum atomic E-state index is 12.7. The zero-order chi connectivity index (χ0) is 31.8. The number of fused-ring (bicyclic) bond motifs is 1. The molecule has 228 valence electrons. The Morgan fingerprint density at radius 3 is 2.25 bits per heavy atom. The summed E-state index contributed by atoms with van der Waals surface area (Å²) in [5, 5.41) is 36.2. The maximum Gasteiger partial charge on any atom is 0.326 e. The van der Waals surface area contributed by atoms with Crippen molar-refractivity contribution in [1.82, 2.24) is 30.6 Å². The number of nitrogens with one attached hydrogen (secondary N) is 4. The van der Waals surface area contributed by atoms with Gasteiger partial charge in [0, 0.05) is 24.1 Å². The molecule has 4 aromatic rings. The number of nitrogen functional groups attached to an aromatic ring is 1. The van der Waals surface area contributed by atoms with Crippen molar-refractivity contribution in [2.75, 3.05) is 11.1 Å². The Morgan fingerprint density at radius 2 is 1.59 bits per heavy atom. The number of phenolic OH excluding ortho intramolecular Hbond substituents is 1. The molecular formula is C28H28N8O8. The molecule has 9 N–H and O–H groups in total. The number of hydrogen-bond donors (Lipinski definition) is 8. The summed E-state index contributed by atoms with van der Waals surface area (Å²) in [4.78, 5) is 75.1. The highest BCUT2D eigenvalue weighted by molar-refractivity contribution is 5.97. The highest BCUT2D eigenvalue weighted by Gasteiger charge is 2.24. The standard InChI is InChI=1S/C28H28N8O8/c29-28-35-23-22(25(40)36-28)32-17(13-31-23)12-30-16-5-3-15(4-6-16)24(39)34-19(26(41)42)9-10-21(38)33-20(27(43)44)11-14-1-7-18(37)8-2-14/h1-8,13,19-20,30,37H,9-12H2,(H,33,38)(H,34,39)(H,41,42)(H,43,44)(H3,29,31,35,36,40). The van der Waals surface area contributed by atoms with Crippen LogP contribution in [0.1, 0.15) is 34.5 Å². The van der Waals surface area contributed by atoms with Crippen molar-refractivity contribution in [1.29, 1.82) is 0 Å². The van der Waals surface area contributed by atoms with E-state index in [1.165, 1.54) is 42.6 Å². The summed E-state index contributed by atoms with van der Waals surface area (Å²) < 4.78 is 0. The van der Waals surface area contributed by atoms with Crippen molar-refractivity contribution in [2.24, 2.45) is 0 Å². The molecular weight excluding hydrogens is 576 g/mol. The van der Waals surface area contributed by atoms with E-state index in [1.54, 1.807) is 12.1 Å². The summed E-state index contributed by atoms with van der Waals surface area (Å²) in [7, 11) is 0. The number of aromatic nitrogens is 4. The van der Waals surface area contributed by atoms with Crippen molar-refractivity contribution < 1.29 is 34.5 Å². The highest BCUT2D eigenvalue weighted by atomic mass is 16.4.